The second-order valence-corrected chi connectivity index (χ2v) is 6.97. The molecule has 0 radical (unpaired) electrons. The summed E-state index contributed by atoms with van der Waals surface area (Å²) in [5.74, 6) is -0.121. The Labute approximate surface area is 149 Å². The van der Waals surface area contributed by atoms with Gasteiger partial charge >= 0.3 is 11.9 Å². The van der Waals surface area contributed by atoms with Crippen molar-refractivity contribution in [1.29, 1.82) is 0 Å². The summed E-state index contributed by atoms with van der Waals surface area (Å²) in [5.41, 5.74) is -0.264. The number of rotatable bonds is 4. The van der Waals surface area contributed by atoms with Crippen molar-refractivity contribution >= 4 is 11.9 Å². The maximum Gasteiger partial charge on any atom is 0.306 e. The van der Waals surface area contributed by atoms with Gasteiger partial charge in [-0.15, -0.1) is 0 Å². The molecule has 4 heteroatoms. The molecule has 4 nitrogen and oxygen atoms in total. The van der Waals surface area contributed by atoms with Gasteiger partial charge in [-0.05, 0) is 65.2 Å². The van der Waals surface area contributed by atoms with Gasteiger partial charge in [-0.1, -0.05) is 28.7 Å². The Morgan fingerprint density at radius 3 is 1.17 bits per heavy atom. The summed E-state index contributed by atoms with van der Waals surface area (Å²) >= 11 is 0. The maximum atomic E-state index is 11.0. The van der Waals surface area contributed by atoms with E-state index < -0.39 is 0 Å². The van der Waals surface area contributed by atoms with Crippen LogP contribution in [0.15, 0.2) is 0 Å². The molecule has 0 aromatic heterocycles. The summed E-state index contributed by atoms with van der Waals surface area (Å²) in [4.78, 5) is 21.9. The molecular weight excluding hydrogens is 304 g/mol. The Kier molecular flexibility index (Phi) is 12.1. The van der Waals surface area contributed by atoms with E-state index in [4.69, 9.17) is 9.47 Å². The summed E-state index contributed by atoms with van der Waals surface area (Å²) in [5, 5.41) is 0. The van der Waals surface area contributed by atoms with E-state index in [0.717, 1.165) is 25.7 Å². The Morgan fingerprint density at radius 2 is 0.958 bits per heavy atom. The molecule has 24 heavy (non-hydrogen) atoms. The van der Waals surface area contributed by atoms with Crippen LogP contribution < -0.4 is 0 Å². The van der Waals surface area contributed by atoms with Crippen LogP contribution in [-0.4, -0.2) is 23.1 Å². The van der Waals surface area contributed by atoms with Crippen LogP contribution in [0, 0.1) is 0 Å². The summed E-state index contributed by atoms with van der Waals surface area (Å²) < 4.78 is 10.6. The zero-order chi connectivity index (χ0) is 16.6. The molecule has 144 valence electrons. The van der Waals surface area contributed by atoms with Crippen LogP contribution in [0.1, 0.15) is 107 Å². The fourth-order valence-corrected chi connectivity index (χ4v) is 3.14. The van der Waals surface area contributed by atoms with E-state index in [0.29, 0.717) is 12.8 Å². The smallest absolute Gasteiger partial charge is 0.306 e. The quantitative estimate of drug-likeness (QED) is 0.603. The first-order chi connectivity index (χ1) is 10.3. The second kappa shape index (κ2) is 11.5. The number of carbonyl (C=O) groups excluding carboxylic acids is 2. The maximum absolute atomic E-state index is 11.0. The van der Waals surface area contributed by atoms with E-state index in [-0.39, 0.29) is 38.0 Å². The molecule has 2 rings (SSSR count). The van der Waals surface area contributed by atoms with E-state index in [9.17, 15) is 9.59 Å². The van der Waals surface area contributed by atoms with Gasteiger partial charge < -0.3 is 9.47 Å². The van der Waals surface area contributed by atoms with Crippen LogP contribution in [-0.2, 0) is 19.1 Å². The molecule has 2 fully saturated rings. The minimum atomic E-state index is -0.132. The van der Waals surface area contributed by atoms with Gasteiger partial charge in [-0.25, -0.2) is 0 Å². The largest absolute Gasteiger partial charge is 0.459 e. The predicted octanol–water partition coefficient (Wildman–Crippen LogP) is 5.82. The molecule has 0 aromatic rings. The van der Waals surface area contributed by atoms with Crippen molar-refractivity contribution in [2.75, 3.05) is 0 Å². The Bertz CT molecular complexity index is 328. The standard InChI is InChI=1S/2C9H16O2.2CH4/c2*1-3-8(10)11-9(2)6-4-5-7-9;;/h2*3-7H2,1-2H3;2*1H4. The van der Waals surface area contributed by atoms with E-state index in [1.165, 1.54) is 25.7 Å². The Morgan fingerprint density at radius 1 is 0.708 bits per heavy atom. The molecule has 0 N–H and O–H groups in total. The van der Waals surface area contributed by atoms with E-state index >= 15 is 0 Å². The van der Waals surface area contributed by atoms with Crippen molar-refractivity contribution in [3.63, 3.8) is 0 Å². The molecule has 0 atom stereocenters. The van der Waals surface area contributed by atoms with Crippen molar-refractivity contribution in [2.45, 2.75) is 118 Å². The highest BCUT2D eigenvalue weighted by molar-refractivity contribution is 5.69. The Balaban J connectivity index is 0. The molecule has 0 aliphatic heterocycles. The molecule has 0 unspecified atom stereocenters. The molecular formula is C20H40O4. The summed E-state index contributed by atoms with van der Waals surface area (Å²) in [7, 11) is 0. The minimum Gasteiger partial charge on any atom is -0.459 e. The summed E-state index contributed by atoms with van der Waals surface area (Å²) in [6, 6.07) is 0. The number of hydrogen-bond donors (Lipinski definition) is 0. The topological polar surface area (TPSA) is 52.6 Å². The lowest BCUT2D eigenvalue weighted by molar-refractivity contribution is -0.158. The molecule has 0 heterocycles. The van der Waals surface area contributed by atoms with Crippen LogP contribution >= 0.6 is 0 Å². The highest BCUT2D eigenvalue weighted by atomic mass is 16.6. The summed E-state index contributed by atoms with van der Waals surface area (Å²) in [6.45, 7) is 7.74. The number of esters is 2. The van der Waals surface area contributed by atoms with Crippen LogP contribution in [0.25, 0.3) is 0 Å². The van der Waals surface area contributed by atoms with Crippen LogP contribution in [0.5, 0.6) is 0 Å². The lowest BCUT2D eigenvalue weighted by atomic mass is 10.1. The third-order valence-electron chi connectivity index (χ3n) is 4.62. The lowest BCUT2D eigenvalue weighted by Gasteiger charge is -2.23. The average molecular weight is 345 g/mol. The number of ether oxygens (including phenoxy) is 2. The monoisotopic (exact) mass is 344 g/mol. The van der Waals surface area contributed by atoms with Gasteiger partial charge in [0.25, 0.3) is 0 Å². The molecule has 0 saturated heterocycles. The molecule has 0 bridgehead atoms. The molecule has 2 saturated carbocycles. The van der Waals surface area contributed by atoms with E-state index in [2.05, 4.69) is 0 Å². The highest BCUT2D eigenvalue weighted by Crippen LogP contribution is 2.33. The molecule has 2 aliphatic rings. The van der Waals surface area contributed by atoms with E-state index in [1.807, 2.05) is 27.7 Å². The van der Waals surface area contributed by atoms with Gasteiger partial charge in [0.15, 0.2) is 0 Å². The zero-order valence-corrected chi connectivity index (χ0v) is 14.7. The van der Waals surface area contributed by atoms with Crippen LogP contribution in [0.2, 0.25) is 0 Å². The van der Waals surface area contributed by atoms with Crippen molar-refractivity contribution in [1.82, 2.24) is 0 Å². The third kappa shape index (κ3) is 8.70. The number of carbonyl (C=O) groups is 2. The Hall–Kier alpha value is -1.06. The first-order valence-electron chi connectivity index (χ1n) is 8.76. The molecule has 0 aromatic carbocycles. The van der Waals surface area contributed by atoms with Gasteiger partial charge in [0, 0.05) is 12.8 Å². The molecule has 0 amide bonds. The number of hydrogen-bond acceptors (Lipinski definition) is 4. The predicted molar refractivity (Wildman–Crippen MR) is 100.0 cm³/mol. The lowest BCUT2D eigenvalue weighted by Crippen LogP contribution is -2.27. The average Bonchev–Trinajstić information content (AvgIpc) is 3.08. The molecule has 2 aliphatic carbocycles. The minimum absolute atomic E-state index is 0. The van der Waals surface area contributed by atoms with Gasteiger partial charge in [0.05, 0.1) is 0 Å². The zero-order valence-electron chi connectivity index (χ0n) is 14.7. The van der Waals surface area contributed by atoms with Gasteiger partial charge in [0.1, 0.15) is 11.2 Å². The van der Waals surface area contributed by atoms with Crippen LogP contribution in [0.4, 0.5) is 0 Å². The van der Waals surface area contributed by atoms with E-state index in [1.54, 1.807) is 0 Å². The highest BCUT2D eigenvalue weighted by Gasteiger charge is 2.32. The van der Waals surface area contributed by atoms with Gasteiger partial charge in [-0.3, -0.25) is 9.59 Å². The first-order valence-corrected chi connectivity index (χ1v) is 8.76. The first kappa shape index (κ1) is 25.2. The normalized spacial score (nSPS) is 19.8. The van der Waals surface area contributed by atoms with Crippen molar-refractivity contribution in [2.24, 2.45) is 0 Å². The SMILES string of the molecule is C.C.CCC(=O)OC1(C)CCCC1.CCC(=O)OC1(C)CCCC1. The van der Waals surface area contributed by atoms with Gasteiger partial charge in [0.2, 0.25) is 0 Å². The molecule has 0 spiro atoms. The van der Waals surface area contributed by atoms with Crippen LogP contribution in [0.3, 0.4) is 0 Å². The van der Waals surface area contributed by atoms with Gasteiger partial charge in [-0.2, -0.15) is 0 Å². The van der Waals surface area contributed by atoms with Crippen molar-refractivity contribution in [3.8, 4) is 0 Å². The fourth-order valence-electron chi connectivity index (χ4n) is 3.14. The fraction of sp³-hybridized carbons (Fsp3) is 0.900. The second-order valence-electron chi connectivity index (χ2n) is 6.97. The third-order valence-corrected chi connectivity index (χ3v) is 4.62. The van der Waals surface area contributed by atoms with Crippen molar-refractivity contribution in [3.05, 3.63) is 0 Å². The van der Waals surface area contributed by atoms with Crippen molar-refractivity contribution < 1.29 is 19.1 Å². The summed E-state index contributed by atoms with van der Waals surface area (Å²) in [6.07, 6.45) is 9.96.